The summed E-state index contributed by atoms with van der Waals surface area (Å²) >= 11 is 0. The SMILES string of the molecule is Cc1cc(NC(=O)C(C)N2CCN(CC(C)O)CC2)no1. The summed E-state index contributed by atoms with van der Waals surface area (Å²) in [4.78, 5) is 16.5. The molecule has 0 radical (unpaired) electrons. The van der Waals surface area contributed by atoms with Gasteiger partial charge >= 0.3 is 0 Å². The van der Waals surface area contributed by atoms with Crippen LogP contribution in [0.3, 0.4) is 0 Å². The molecule has 2 rings (SSSR count). The Kier molecular flexibility index (Phi) is 5.33. The molecule has 1 aliphatic heterocycles. The van der Waals surface area contributed by atoms with E-state index in [1.807, 2.05) is 6.92 Å². The number of anilines is 1. The van der Waals surface area contributed by atoms with E-state index in [0.29, 0.717) is 18.1 Å². The maximum atomic E-state index is 12.2. The van der Waals surface area contributed by atoms with Crippen LogP contribution in [0, 0.1) is 6.92 Å². The number of aromatic nitrogens is 1. The van der Waals surface area contributed by atoms with Crippen LogP contribution in [0.25, 0.3) is 0 Å². The molecule has 2 unspecified atom stereocenters. The minimum Gasteiger partial charge on any atom is -0.392 e. The third kappa shape index (κ3) is 4.52. The standard InChI is InChI=1S/C14H24N4O3/c1-10(19)9-17-4-6-18(7-5-17)12(3)14(20)15-13-8-11(2)21-16-13/h8,10,12,19H,4-7,9H2,1-3H3,(H,15,16,20). The minimum atomic E-state index is -0.312. The van der Waals surface area contributed by atoms with Crippen LogP contribution in [-0.4, -0.2) is 70.8 Å². The first kappa shape index (κ1) is 15.9. The zero-order chi connectivity index (χ0) is 15.4. The van der Waals surface area contributed by atoms with E-state index in [1.165, 1.54) is 0 Å². The zero-order valence-electron chi connectivity index (χ0n) is 12.9. The van der Waals surface area contributed by atoms with Gasteiger partial charge in [0.1, 0.15) is 5.76 Å². The highest BCUT2D eigenvalue weighted by molar-refractivity contribution is 5.93. The summed E-state index contributed by atoms with van der Waals surface area (Å²) < 4.78 is 4.93. The number of rotatable bonds is 5. The number of hydrogen-bond acceptors (Lipinski definition) is 6. The van der Waals surface area contributed by atoms with Crippen molar-refractivity contribution >= 4 is 11.7 Å². The molecule has 2 heterocycles. The number of β-amino-alcohol motifs (C(OH)–C–C–N with tert-alkyl or cyclic N) is 1. The number of amides is 1. The molecule has 0 aliphatic carbocycles. The van der Waals surface area contributed by atoms with Gasteiger partial charge in [-0.05, 0) is 20.8 Å². The van der Waals surface area contributed by atoms with Gasteiger partial charge in [-0.1, -0.05) is 5.16 Å². The summed E-state index contributed by atoms with van der Waals surface area (Å²) in [5.41, 5.74) is 0. The molecule has 0 spiro atoms. The molecule has 1 fully saturated rings. The minimum absolute atomic E-state index is 0.0766. The number of nitrogens with one attached hydrogen (secondary N) is 1. The van der Waals surface area contributed by atoms with Crippen molar-refractivity contribution in [2.24, 2.45) is 0 Å². The molecule has 1 aromatic rings. The van der Waals surface area contributed by atoms with E-state index in [0.717, 1.165) is 26.2 Å². The lowest BCUT2D eigenvalue weighted by molar-refractivity contribution is -0.121. The normalized spacial score (nSPS) is 20.2. The van der Waals surface area contributed by atoms with Crippen molar-refractivity contribution in [1.29, 1.82) is 0 Å². The van der Waals surface area contributed by atoms with E-state index in [9.17, 15) is 9.90 Å². The lowest BCUT2D eigenvalue weighted by Crippen LogP contribution is -2.53. The van der Waals surface area contributed by atoms with Gasteiger partial charge in [-0.15, -0.1) is 0 Å². The fraction of sp³-hybridized carbons (Fsp3) is 0.714. The molecule has 2 atom stereocenters. The van der Waals surface area contributed by atoms with Crippen molar-refractivity contribution in [3.8, 4) is 0 Å². The molecule has 0 bridgehead atoms. The van der Waals surface area contributed by atoms with Gasteiger partial charge in [-0.3, -0.25) is 14.6 Å². The number of aryl methyl sites for hydroxylation is 1. The Morgan fingerprint density at radius 2 is 2.10 bits per heavy atom. The summed E-state index contributed by atoms with van der Waals surface area (Å²) in [7, 11) is 0. The maximum absolute atomic E-state index is 12.2. The van der Waals surface area contributed by atoms with Gasteiger partial charge in [0.2, 0.25) is 5.91 Å². The molecule has 118 valence electrons. The van der Waals surface area contributed by atoms with Crippen LogP contribution >= 0.6 is 0 Å². The van der Waals surface area contributed by atoms with Crippen LogP contribution in [0.15, 0.2) is 10.6 Å². The van der Waals surface area contributed by atoms with Gasteiger partial charge in [0.05, 0.1) is 12.1 Å². The quantitative estimate of drug-likeness (QED) is 0.814. The number of nitrogens with zero attached hydrogens (tertiary/aromatic N) is 3. The molecule has 2 N–H and O–H groups in total. The Hall–Kier alpha value is -1.44. The first-order valence-electron chi connectivity index (χ1n) is 7.34. The van der Waals surface area contributed by atoms with Crippen LogP contribution < -0.4 is 5.32 Å². The van der Waals surface area contributed by atoms with Crippen LogP contribution in [0.1, 0.15) is 19.6 Å². The lowest BCUT2D eigenvalue weighted by Gasteiger charge is -2.37. The highest BCUT2D eigenvalue weighted by atomic mass is 16.5. The number of hydrogen-bond donors (Lipinski definition) is 2. The Labute approximate surface area is 124 Å². The highest BCUT2D eigenvalue weighted by Gasteiger charge is 2.26. The van der Waals surface area contributed by atoms with Crippen molar-refractivity contribution in [3.05, 3.63) is 11.8 Å². The molecule has 0 aromatic carbocycles. The van der Waals surface area contributed by atoms with Crippen LogP contribution in [0.2, 0.25) is 0 Å². The molecule has 1 aromatic heterocycles. The van der Waals surface area contributed by atoms with Crippen LogP contribution in [0.4, 0.5) is 5.82 Å². The van der Waals surface area contributed by atoms with E-state index in [2.05, 4.69) is 20.3 Å². The molecule has 21 heavy (non-hydrogen) atoms. The average molecular weight is 296 g/mol. The Balaban J connectivity index is 1.81. The second kappa shape index (κ2) is 7.02. The topological polar surface area (TPSA) is 81.8 Å². The smallest absolute Gasteiger partial charge is 0.242 e. The lowest BCUT2D eigenvalue weighted by atomic mass is 10.2. The second-order valence-corrected chi connectivity index (χ2v) is 5.67. The van der Waals surface area contributed by atoms with E-state index in [1.54, 1.807) is 19.9 Å². The number of aliphatic hydroxyl groups excluding tert-OH is 1. The monoisotopic (exact) mass is 296 g/mol. The molecule has 7 heteroatoms. The van der Waals surface area contributed by atoms with Crippen molar-refractivity contribution in [1.82, 2.24) is 15.0 Å². The second-order valence-electron chi connectivity index (χ2n) is 5.67. The predicted molar refractivity (Wildman–Crippen MR) is 79.0 cm³/mol. The third-order valence-corrected chi connectivity index (χ3v) is 3.74. The summed E-state index contributed by atoms with van der Waals surface area (Å²) in [5.74, 6) is 1.05. The molecular weight excluding hydrogens is 272 g/mol. The molecule has 1 amide bonds. The number of piperazine rings is 1. The summed E-state index contributed by atoms with van der Waals surface area (Å²) in [6.07, 6.45) is -0.312. The Morgan fingerprint density at radius 1 is 1.43 bits per heavy atom. The molecule has 0 saturated carbocycles. The third-order valence-electron chi connectivity index (χ3n) is 3.74. The summed E-state index contributed by atoms with van der Waals surface area (Å²) in [5, 5.41) is 15.9. The van der Waals surface area contributed by atoms with E-state index in [4.69, 9.17) is 4.52 Å². The largest absolute Gasteiger partial charge is 0.392 e. The van der Waals surface area contributed by atoms with Crippen molar-refractivity contribution in [2.45, 2.75) is 32.9 Å². The Morgan fingerprint density at radius 3 is 2.62 bits per heavy atom. The number of aliphatic hydroxyl groups is 1. The van der Waals surface area contributed by atoms with Gasteiger partial charge in [0.15, 0.2) is 5.82 Å². The summed E-state index contributed by atoms with van der Waals surface area (Å²) in [6, 6.07) is 1.49. The average Bonchev–Trinajstić information content (AvgIpc) is 2.83. The summed E-state index contributed by atoms with van der Waals surface area (Å²) in [6.45, 7) is 9.53. The van der Waals surface area contributed by atoms with Gasteiger partial charge in [0.25, 0.3) is 0 Å². The van der Waals surface area contributed by atoms with E-state index >= 15 is 0 Å². The first-order valence-corrected chi connectivity index (χ1v) is 7.34. The van der Waals surface area contributed by atoms with Crippen LogP contribution in [-0.2, 0) is 4.79 Å². The van der Waals surface area contributed by atoms with Gasteiger partial charge < -0.3 is 14.9 Å². The van der Waals surface area contributed by atoms with Crippen LogP contribution in [0.5, 0.6) is 0 Å². The Bertz CT molecular complexity index is 467. The zero-order valence-corrected chi connectivity index (χ0v) is 12.9. The highest BCUT2D eigenvalue weighted by Crippen LogP contribution is 2.11. The van der Waals surface area contributed by atoms with E-state index in [-0.39, 0.29) is 18.1 Å². The van der Waals surface area contributed by atoms with Crippen molar-refractivity contribution < 1.29 is 14.4 Å². The maximum Gasteiger partial charge on any atom is 0.242 e. The molecule has 1 saturated heterocycles. The van der Waals surface area contributed by atoms with Gasteiger partial charge in [-0.2, -0.15) is 0 Å². The first-order chi connectivity index (χ1) is 9.95. The number of carbonyl (C=O) groups excluding carboxylic acids is 1. The molecular formula is C14H24N4O3. The van der Waals surface area contributed by atoms with Gasteiger partial charge in [0, 0.05) is 38.8 Å². The fourth-order valence-electron chi connectivity index (χ4n) is 2.53. The van der Waals surface area contributed by atoms with E-state index < -0.39 is 0 Å². The van der Waals surface area contributed by atoms with Crippen molar-refractivity contribution in [2.75, 3.05) is 38.0 Å². The van der Waals surface area contributed by atoms with Crippen molar-refractivity contribution in [3.63, 3.8) is 0 Å². The fourth-order valence-corrected chi connectivity index (χ4v) is 2.53. The van der Waals surface area contributed by atoms with Gasteiger partial charge in [-0.25, -0.2) is 0 Å². The number of carbonyl (C=O) groups is 1. The molecule has 1 aliphatic rings. The molecule has 7 nitrogen and oxygen atoms in total. The predicted octanol–water partition coefficient (Wildman–Crippen LogP) is 0.308.